The molecule has 0 aromatic carbocycles. The Morgan fingerprint density at radius 3 is 2.65 bits per heavy atom. The van der Waals surface area contributed by atoms with E-state index in [4.69, 9.17) is 0 Å². The van der Waals surface area contributed by atoms with Crippen LogP contribution >= 0.6 is 0 Å². The van der Waals surface area contributed by atoms with Crippen LogP contribution in [0.5, 0.6) is 0 Å². The Bertz CT molecular complexity index is 603. The maximum atomic E-state index is 11.2. The van der Waals surface area contributed by atoms with Gasteiger partial charge < -0.3 is 15.5 Å². The van der Waals surface area contributed by atoms with Crippen molar-refractivity contribution in [2.45, 2.75) is 19.4 Å². The van der Waals surface area contributed by atoms with Crippen molar-refractivity contribution in [1.29, 1.82) is 0 Å². The van der Waals surface area contributed by atoms with E-state index >= 15 is 0 Å². The van der Waals surface area contributed by atoms with Gasteiger partial charge in [0.15, 0.2) is 5.69 Å². The van der Waals surface area contributed by atoms with E-state index < -0.39 is 12.1 Å². The molecule has 0 fully saturated rings. The third kappa shape index (κ3) is 3.45. The van der Waals surface area contributed by atoms with Gasteiger partial charge in [0.2, 0.25) is 0 Å². The van der Waals surface area contributed by atoms with E-state index in [2.05, 4.69) is 25.3 Å². The molecule has 104 valence electrons. The quantitative estimate of drug-likeness (QED) is 0.726. The van der Waals surface area contributed by atoms with E-state index in [0.29, 0.717) is 5.69 Å². The standard InChI is InChI=1S/C12H13N5O3/c1-7(18)2-10-15-5-9(11(17-10)12(19)20)16-8-3-13-6-14-4-8/h3-7,16,18H,2H2,1H3,(H,19,20). The fourth-order valence-corrected chi connectivity index (χ4v) is 1.55. The number of anilines is 2. The Morgan fingerprint density at radius 2 is 2.05 bits per heavy atom. The molecule has 3 N–H and O–H groups in total. The van der Waals surface area contributed by atoms with Crippen LogP contribution in [0.3, 0.4) is 0 Å². The van der Waals surface area contributed by atoms with Gasteiger partial charge in [0, 0.05) is 6.42 Å². The smallest absolute Gasteiger partial charge is 0.356 e. The number of carboxylic acids is 1. The zero-order valence-corrected chi connectivity index (χ0v) is 10.7. The van der Waals surface area contributed by atoms with Crippen LogP contribution in [0.2, 0.25) is 0 Å². The van der Waals surface area contributed by atoms with Gasteiger partial charge in [-0.25, -0.2) is 24.7 Å². The maximum Gasteiger partial charge on any atom is 0.356 e. The van der Waals surface area contributed by atoms with Crippen LogP contribution in [0.1, 0.15) is 23.2 Å². The monoisotopic (exact) mass is 275 g/mol. The van der Waals surface area contributed by atoms with Gasteiger partial charge in [-0.15, -0.1) is 0 Å². The Balaban J connectivity index is 2.30. The summed E-state index contributed by atoms with van der Waals surface area (Å²) in [6.07, 6.45) is 5.28. The number of aromatic carboxylic acids is 1. The summed E-state index contributed by atoms with van der Waals surface area (Å²) >= 11 is 0. The number of aliphatic hydroxyl groups excluding tert-OH is 1. The molecule has 1 unspecified atom stereocenters. The van der Waals surface area contributed by atoms with Crippen LogP contribution < -0.4 is 5.32 Å². The number of carboxylic acid groups (broad SMARTS) is 1. The molecule has 2 aromatic heterocycles. The second kappa shape index (κ2) is 6.02. The molecule has 0 spiro atoms. The molecule has 8 nitrogen and oxygen atoms in total. The topological polar surface area (TPSA) is 121 Å². The lowest BCUT2D eigenvalue weighted by Gasteiger charge is -2.10. The van der Waals surface area contributed by atoms with Crippen molar-refractivity contribution < 1.29 is 15.0 Å². The zero-order chi connectivity index (χ0) is 14.5. The van der Waals surface area contributed by atoms with Crippen LogP contribution in [0.25, 0.3) is 0 Å². The fourth-order valence-electron chi connectivity index (χ4n) is 1.55. The molecule has 2 rings (SSSR count). The van der Waals surface area contributed by atoms with E-state index in [1.54, 1.807) is 6.92 Å². The van der Waals surface area contributed by atoms with Crippen LogP contribution in [-0.2, 0) is 6.42 Å². The predicted molar refractivity (Wildman–Crippen MR) is 69.7 cm³/mol. The summed E-state index contributed by atoms with van der Waals surface area (Å²) in [7, 11) is 0. The largest absolute Gasteiger partial charge is 0.476 e. The van der Waals surface area contributed by atoms with Gasteiger partial charge in [0.25, 0.3) is 0 Å². The molecule has 0 saturated heterocycles. The third-order valence-electron chi connectivity index (χ3n) is 2.36. The Labute approximate surface area is 114 Å². The fraction of sp³-hybridized carbons (Fsp3) is 0.250. The molecule has 2 aromatic rings. The van der Waals surface area contributed by atoms with Crippen molar-refractivity contribution >= 4 is 17.3 Å². The lowest BCUT2D eigenvalue weighted by molar-refractivity contribution is 0.0690. The van der Waals surface area contributed by atoms with Gasteiger partial charge in [-0.3, -0.25) is 0 Å². The van der Waals surface area contributed by atoms with E-state index in [1.165, 1.54) is 24.9 Å². The van der Waals surface area contributed by atoms with E-state index in [9.17, 15) is 15.0 Å². The van der Waals surface area contributed by atoms with Crippen molar-refractivity contribution in [1.82, 2.24) is 19.9 Å². The SMILES string of the molecule is CC(O)Cc1ncc(Nc2cncnc2)c(C(=O)O)n1. The molecule has 20 heavy (non-hydrogen) atoms. The highest BCUT2D eigenvalue weighted by Crippen LogP contribution is 2.18. The molecular weight excluding hydrogens is 262 g/mol. The first-order valence-corrected chi connectivity index (χ1v) is 5.85. The second-order valence-electron chi connectivity index (χ2n) is 4.16. The molecule has 8 heteroatoms. The van der Waals surface area contributed by atoms with Gasteiger partial charge in [0.05, 0.1) is 36.1 Å². The Kier molecular flexibility index (Phi) is 4.16. The van der Waals surface area contributed by atoms with Gasteiger partial charge in [-0.2, -0.15) is 0 Å². The number of hydrogen-bond donors (Lipinski definition) is 3. The molecule has 0 aliphatic carbocycles. The molecule has 0 bridgehead atoms. The first-order chi connectivity index (χ1) is 9.56. The van der Waals surface area contributed by atoms with E-state index in [1.807, 2.05) is 0 Å². The Morgan fingerprint density at radius 1 is 1.35 bits per heavy atom. The number of nitrogens with one attached hydrogen (secondary N) is 1. The lowest BCUT2D eigenvalue weighted by atomic mass is 10.2. The molecule has 0 radical (unpaired) electrons. The minimum Gasteiger partial charge on any atom is -0.476 e. The summed E-state index contributed by atoms with van der Waals surface area (Å²) in [5, 5.41) is 21.3. The van der Waals surface area contributed by atoms with Crippen molar-refractivity contribution in [3.8, 4) is 0 Å². The van der Waals surface area contributed by atoms with E-state index in [-0.39, 0.29) is 23.6 Å². The highest BCUT2D eigenvalue weighted by Gasteiger charge is 2.15. The molecule has 0 aliphatic rings. The first-order valence-electron chi connectivity index (χ1n) is 5.85. The predicted octanol–water partition coefficient (Wildman–Crippen LogP) is 0.632. The number of hydrogen-bond acceptors (Lipinski definition) is 7. The van der Waals surface area contributed by atoms with Gasteiger partial charge in [-0.05, 0) is 6.92 Å². The minimum absolute atomic E-state index is 0.167. The number of carbonyl (C=O) groups is 1. The molecule has 2 heterocycles. The molecule has 0 saturated carbocycles. The van der Waals surface area contributed by atoms with Crippen molar-refractivity contribution in [2.75, 3.05) is 5.32 Å². The second-order valence-corrected chi connectivity index (χ2v) is 4.16. The van der Waals surface area contributed by atoms with Crippen molar-refractivity contribution in [3.63, 3.8) is 0 Å². The summed E-state index contributed by atoms with van der Waals surface area (Å²) < 4.78 is 0. The van der Waals surface area contributed by atoms with E-state index in [0.717, 1.165) is 0 Å². The summed E-state index contributed by atoms with van der Waals surface area (Å²) in [6.45, 7) is 1.58. The third-order valence-corrected chi connectivity index (χ3v) is 2.36. The Hall–Kier alpha value is -2.61. The average molecular weight is 275 g/mol. The normalized spacial score (nSPS) is 11.9. The number of rotatable bonds is 5. The molecule has 1 atom stereocenters. The highest BCUT2D eigenvalue weighted by atomic mass is 16.4. The number of nitrogens with zero attached hydrogens (tertiary/aromatic N) is 4. The molecule has 0 aliphatic heterocycles. The van der Waals surface area contributed by atoms with Crippen LogP contribution in [0.15, 0.2) is 24.9 Å². The summed E-state index contributed by atoms with van der Waals surface area (Å²) in [5.41, 5.74) is 0.600. The zero-order valence-electron chi connectivity index (χ0n) is 10.7. The average Bonchev–Trinajstić information content (AvgIpc) is 2.41. The lowest BCUT2D eigenvalue weighted by Crippen LogP contribution is -2.13. The molecule has 0 amide bonds. The van der Waals surface area contributed by atoms with Crippen LogP contribution in [0.4, 0.5) is 11.4 Å². The summed E-state index contributed by atoms with van der Waals surface area (Å²) in [4.78, 5) is 26.8. The van der Waals surface area contributed by atoms with Gasteiger partial charge >= 0.3 is 5.97 Å². The number of aromatic nitrogens is 4. The number of aliphatic hydroxyl groups is 1. The van der Waals surface area contributed by atoms with Gasteiger partial charge in [-0.1, -0.05) is 0 Å². The van der Waals surface area contributed by atoms with Crippen LogP contribution in [-0.4, -0.2) is 42.2 Å². The highest BCUT2D eigenvalue weighted by molar-refractivity contribution is 5.92. The minimum atomic E-state index is -1.18. The molecular formula is C12H13N5O3. The van der Waals surface area contributed by atoms with Crippen molar-refractivity contribution in [3.05, 3.63) is 36.4 Å². The summed E-state index contributed by atoms with van der Waals surface area (Å²) in [6, 6.07) is 0. The maximum absolute atomic E-state index is 11.2. The van der Waals surface area contributed by atoms with Crippen LogP contribution in [0, 0.1) is 0 Å². The summed E-state index contributed by atoms with van der Waals surface area (Å²) in [5.74, 6) is -0.911. The first kappa shape index (κ1) is 13.8. The van der Waals surface area contributed by atoms with Gasteiger partial charge in [0.1, 0.15) is 12.2 Å². The van der Waals surface area contributed by atoms with Crippen molar-refractivity contribution in [2.24, 2.45) is 0 Å².